The van der Waals surface area contributed by atoms with Gasteiger partial charge in [0.15, 0.2) is 0 Å². The summed E-state index contributed by atoms with van der Waals surface area (Å²) in [5.41, 5.74) is 4.22. The maximum Gasteiger partial charge on any atom is 0.0684 e. The number of hydrogen-bond acceptors (Lipinski definition) is 1. The van der Waals surface area contributed by atoms with Crippen molar-refractivity contribution >= 4 is 0 Å². The number of aryl methyl sites for hydroxylation is 2. The molecule has 0 aliphatic heterocycles. The molecule has 0 saturated carbocycles. The van der Waals surface area contributed by atoms with Crippen molar-refractivity contribution in [3.63, 3.8) is 0 Å². The van der Waals surface area contributed by atoms with Crippen molar-refractivity contribution in [1.29, 1.82) is 0 Å². The highest BCUT2D eigenvalue weighted by atomic mass is 16.3. The second-order valence-corrected chi connectivity index (χ2v) is 2.88. The molecule has 0 amide bonds. The predicted octanol–water partition coefficient (Wildman–Crippen LogP) is 1.98. The van der Waals surface area contributed by atoms with Crippen LogP contribution in [-0.2, 0) is 6.61 Å². The van der Waals surface area contributed by atoms with Gasteiger partial charge in [-0.15, -0.1) is 0 Å². The maximum atomic E-state index is 8.93. The van der Waals surface area contributed by atoms with Gasteiger partial charge in [-0.3, -0.25) is 0 Å². The fraction of sp³-hybridized carbons (Fsp3) is 0.300. The molecule has 0 saturated heterocycles. The lowest BCUT2D eigenvalue weighted by Crippen LogP contribution is -1.92. The zero-order valence-corrected chi connectivity index (χ0v) is 7.02. The molecule has 1 radical (unpaired) electrons. The topological polar surface area (TPSA) is 20.2 Å². The Labute approximate surface area is 67.7 Å². The van der Waals surface area contributed by atoms with Gasteiger partial charge in [-0.05, 0) is 37.5 Å². The number of hydrogen-bond donors (Lipinski definition) is 1. The second-order valence-electron chi connectivity index (χ2n) is 2.88. The molecule has 1 N–H and O–H groups in total. The molecule has 1 heteroatoms. The van der Waals surface area contributed by atoms with Crippen molar-refractivity contribution in [2.24, 2.45) is 0 Å². The van der Waals surface area contributed by atoms with E-state index in [4.69, 9.17) is 5.11 Å². The van der Waals surface area contributed by atoms with Crippen LogP contribution in [0.5, 0.6) is 0 Å². The van der Waals surface area contributed by atoms with Gasteiger partial charge in [0.1, 0.15) is 0 Å². The van der Waals surface area contributed by atoms with Crippen LogP contribution in [0.4, 0.5) is 0 Å². The SMILES string of the molecule is [CH2]c1c(C)cc(C)cc1CO. The zero-order chi connectivity index (χ0) is 8.43. The Kier molecular flexibility index (Phi) is 2.30. The van der Waals surface area contributed by atoms with E-state index in [0.29, 0.717) is 0 Å². The van der Waals surface area contributed by atoms with Crippen molar-refractivity contribution in [3.8, 4) is 0 Å². The van der Waals surface area contributed by atoms with E-state index >= 15 is 0 Å². The molecule has 0 aliphatic rings. The smallest absolute Gasteiger partial charge is 0.0684 e. The summed E-state index contributed by atoms with van der Waals surface area (Å²) >= 11 is 0. The number of aliphatic hydroxyl groups is 1. The summed E-state index contributed by atoms with van der Waals surface area (Å²) in [5, 5.41) is 8.93. The minimum Gasteiger partial charge on any atom is -0.392 e. The summed E-state index contributed by atoms with van der Waals surface area (Å²) in [6, 6.07) is 4.04. The fourth-order valence-electron chi connectivity index (χ4n) is 1.23. The van der Waals surface area contributed by atoms with Crippen LogP contribution in [0.15, 0.2) is 12.1 Å². The lowest BCUT2D eigenvalue weighted by atomic mass is 10.0. The Bertz CT molecular complexity index is 264. The normalized spacial score (nSPS) is 10.2. The Morgan fingerprint density at radius 3 is 2.55 bits per heavy atom. The molecule has 59 valence electrons. The average Bonchev–Trinajstić information content (AvgIpc) is 1.96. The van der Waals surface area contributed by atoms with E-state index in [2.05, 4.69) is 13.0 Å². The van der Waals surface area contributed by atoms with Gasteiger partial charge in [0.25, 0.3) is 0 Å². The van der Waals surface area contributed by atoms with Crippen LogP contribution in [-0.4, -0.2) is 5.11 Å². The number of aliphatic hydroxyl groups excluding tert-OH is 1. The molecule has 0 unspecified atom stereocenters. The molecule has 1 nitrogen and oxygen atoms in total. The van der Waals surface area contributed by atoms with Crippen LogP contribution in [0.2, 0.25) is 0 Å². The molecule has 0 bridgehead atoms. The maximum absolute atomic E-state index is 8.93. The van der Waals surface area contributed by atoms with Gasteiger partial charge < -0.3 is 5.11 Å². The molecule has 0 spiro atoms. The molecule has 0 aromatic heterocycles. The summed E-state index contributed by atoms with van der Waals surface area (Å²) in [6.07, 6.45) is 0. The van der Waals surface area contributed by atoms with E-state index < -0.39 is 0 Å². The summed E-state index contributed by atoms with van der Waals surface area (Å²) in [4.78, 5) is 0. The summed E-state index contributed by atoms with van der Waals surface area (Å²) in [5.74, 6) is 0. The van der Waals surface area contributed by atoms with Gasteiger partial charge in [0.2, 0.25) is 0 Å². The van der Waals surface area contributed by atoms with Crippen LogP contribution < -0.4 is 0 Å². The Morgan fingerprint density at radius 1 is 1.36 bits per heavy atom. The first kappa shape index (κ1) is 8.28. The lowest BCUT2D eigenvalue weighted by molar-refractivity contribution is 0.281. The van der Waals surface area contributed by atoms with Crippen molar-refractivity contribution in [2.45, 2.75) is 20.5 Å². The third kappa shape index (κ3) is 1.60. The average molecular weight is 149 g/mol. The van der Waals surface area contributed by atoms with Gasteiger partial charge in [-0.1, -0.05) is 17.7 Å². The molecule has 1 aromatic rings. The van der Waals surface area contributed by atoms with Gasteiger partial charge in [-0.25, -0.2) is 0 Å². The van der Waals surface area contributed by atoms with Gasteiger partial charge in [0.05, 0.1) is 6.61 Å². The van der Waals surface area contributed by atoms with Crippen molar-refractivity contribution < 1.29 is 5.11 Å². The standard InChI is InChI=1S/C10H13O/c1-7-4-8(2)9(3)10(5-7)6-11/h4-5,11H,3,6H2,1-2H3. The van der Waals surface area contributed by atoms with E-state index in [-0.39, 0.29) is 6.61 Å². The number of benzene rings is 1. The second kappa shape index (κ2) is 3.05. The van der Waals surface area contributed by atoms with Gasteiger partial charge >= 0.3 is 0 Å². The lowest BCUT2D eigenvalue weighted by Gasteiger charge is -2.06. The molecule has 0 aliphatic carbocycles. The molecule has 0 fully saturated rings. The molecule has 11 heavy (non-hydrogen) atoms. The van der Waals surface area contributed by atoms with Crippen LogP contribution in [0.3, 0.4) is 0 Å². The summed E-state index contributed by atoms with van der Waals surface area (Å²) in [7, 11) is 0. The zero-order valence-electron chi connectivity index (χ0n) is 7.02. The Balaban J connectivity index is 3.24. The van der Waals surface area contributed by atoms with Crippen LogP contribution >= 0.6 is 0 Å². The Morgan fingerprint density at radius 2 is 2.00 bits per heavy atom. The van der Waals surface area contributed by atoms with Gasteiger partial charge in [-0.2, -0.15) is 0 Å². The molecular weight excluding hydrogens is 136 g/mol. The van der Waals surface area contributed by atoms with Crippen LogP contribution in [0.25, 0.3) is 0 Å². The highest BCUT2D eigenvalue weighted by Crippen LogP contribution is 2.15. The number of rotatable bonds is 1. The van der Waals surface area contributed by atoms with E-state index in [1.54, 1.807) is 0 Å². The highest BCUT2D eigenvalue weighted by molar-refractivity contribution is 5.39. The van der Waals surface area contributed by atoms with Crippen molar-refractivity contribution in [3.05, 3.63) is 41.3 Å². The summed E-state index contributed by atoms with van der Waals surface area (Å²) in [6.45, 7) is 7.98. The predicted molar refractivity (Wildman–Crippen MR) is 46.3 cm³/mol. The fourth-order valence-corrected chi connectivity index (χ4v) is 1.23. The highest BCUT2D eigenvalue weighted by Gasteiger charge is 2.00. The molecule has 1 rings (SSSR count). The summed E-state index contributed by atoms with van der Waals surface area (Å²) < 4.78 is 0. The van der Waals surface area contributed by atoms with Crippen LogP contribution in [0, 0.1) is 20.8 Å². The Hall–Kier alpha value is -0.820. The minimum atomic E-state index is 0.0847. The van der Waals surface area contributed by atoms with E-state index in [0.717, 1.165) is 16.7 Å². The third-order valence-electron chi connectivity index (χ3n) is 1.88. The first-order chi connectivity index (χ1) is 5.15. The first-order valence-corrected chi connectivity index (χ1v) is 3.68. The molecular formula is C10H13O. The third-order valence-corrected chi connectivity index (χ3v) is 1.88. The van der Waals surface area contributed by atoms with Crippen molar-refractivity contribution in [1.82, 2.24) is 0 Å². The molecule has 0 heterocycles. The monoisotopic (exact) mass is 149 g/mol. The minimum absolute atomic E-state index is 0.0847. The van der Waals surface area contributed by atoms with E-state index in [1.165, 1.54) is 5.56 Å². The molecule has 0 atom stereocenters. The van der Waals surface area contributed by atoms with Gasteiger partial charge in [0, 0.05) is 0 Å². The van der Waals surface area contributed by atoms with E-state index in [9.17, 15) is 0 Å². The molecule has 1 aromatic carbocycles. The van der Waals surface area contributed by atoms with Crippen LogP contribution in [0.1, 0.15) is 22.3 Å². The van der Waals surface area contributed by atoms with Crippen molar-refractivity contribution in [2.75, 3.05) is 0 Å². The largest absolute Gasteiger partial charge is 0.392 e. The quantitative estimate of drug-likeness (QED) is 0.647. The first-order valence-electron chi connectivity index (χ1n) is 3.68. The van der Waals surface area contributed by atoms with E-state index in [1.807, 2.05) is 19.9 Å².